The third-order valence-electron chi connectivity index (χ3n) is 4.75. The molecule has 0 saturated carbocycles. The Kier molecular flexibility index (Phi) is 5.99. The van der Waals surface area contributed by atoms with Gasteiger partial charge in [0.25, 0.3) is 5.91 Å². The van der Waals surface area contributed by atoms with Crippen molar-refractivity contribution in [3.8, 4) is 0 Å². The molecule has 1 atom stereocenters. The first kappa shape index (κ1) is 19.9. The average Bonchev–Trinajstić information content (AvgIpc) is 3.06. The van der Waals surface area contributed by atoms with E-state index in [0.29, 0.717) is 10.7 Å². The molecular formula is C21H21ClN2O4. The highest BCUT2D eigenvalue weighted by molar-refractivity contribution is 6.33. The number of esters is 1. The lowest BCUT2D eigenvalue weighted by Crippen LogP contribution is -2.28. The van der Waals surface area contributed by atoms with E-state index in [-0.39, 0.29) is 18.9 Å². The van der Waals surface area contributed by atoms with Gasteiger partial charge in [-0.05, 0) is 49.2 Å². The second kappa shape index (κ2) is 8.44. The van der Waals surface area contributed by atoms with Crippen molar-refractivity contribution >= 4 is 40.8 Å². The molecule has 7 heteroatoms. The van der Waals surface area contributed by atoms with Crippen molar-refractivity contribution < 1.29 is 19.1 Å². The number of carbonyl (C=O) groups is 3. The van der Waals surface area contributed by atoms with Gasteiger partial charge in [-0.25, -0.2) is 0 Å². The van der Waals surface area contributed by atoms with E-state index in [2.05, 4.69) is 5.32 Å². The second-order valence-corrected chi connectivity index (χ2v) is 7.22. The van der Waals surface area contributed by atoms with Crippen LogP contribution in [0.3, 0.4) is 0 Å². The minimum Gasteiger partial charge on any atom is -0.455 e. The van der Waals surface area contributed by atoms with Gasteiger partial charge in [0.15, 0.2) is 6.61 Å². The molecule has 146 valence electrons. The lowest BCUT2D eigenvalue weighted by molar-refractivity contribution is -0.151. The molecular weight excluding hydrogens is 380 g/mol. The van der Waals surface area contributed by atoms with E-state index >= 15 is 0 Å². The summed E-state index contributed by atoms with van der Waals surface area (Å²) in [6, 6.07) is 12.5. The number of halogens is 1. The van der Waals surface area contributed by atoms with Crippen LogP contribution in [0.25, 0.3) is 0 Å². The number of amides is 2. The van der Waals surface area contributed by atoms with Gasteiger partial charge in [-0.1, -0.05) is 29.8 Å². The van der Waals surface area contributed by atoms with E-state index in [4.69, 9.17) is 16.3 Å². The Bertz CT molecular complexity index is 928. The summed E-state index contributed by atoms with van der Waals surface area (Å²) in [5, 5.41) is 2.98. The molecule has 1 aliphatic heterocycles. The lowest BCUT2D eigenvalue weighted by atomic mass is 10.1. The zero-order valence-electron chi connectivity index (χ0n) is 15.7. The van der Waals surface area contributed by atoms with Crippen LogP contribution in [0.1, 0.15) is 17.5 Å². The number of aryl methyl sites for hydroxylation is 2. The van der Waals surface area contributed by atoms with Gasteiger partial charge in [-0.2, -0.15) is 0 Å². The van der Waals surface area contributed by atoms with Crippen LogP contribution in [0, 0.1) is 19.8 Å². The van der Waals surface area contributed by atoms with Crippen LogP contribution < -0.4 is 10.2 Å². The molecule has 2 aromatic rings. The van der Waals surface area contributed by atoms with Gasteiger partial charge in [0.1, 0.15) is 0 Å². The minimum atomic E-state index is -0.595. The van der Waals surface area contributed by atoms with Crippen LogP contribution in [-0.2, 0) is 19.1 Å². The fourth-order valence-electron chi connectivity index (χ4n) is 3.01. The van der Waals surface area contributed by atoms with Crippen LogP contribution in [0.2, 0.25) is 5.02 Å². The van der Waals surface area contributed by atoms with Crippen molar-refractivity contribution in [1.29, 1.82) is 0 Å². The number of hydrogen-bond acceptors (Lipinski definition) is 4. The van der Waals surface area contributed by atoms with Crippen molar-refractivity contribution in [3.63, 3.8) is 0 Å². The Hall–Kier alpha value is -2.86. The monoisotopic (exact) mass is 400 g/mol. The Labute approximate surface area is 168 Å². The molecule has 28 heavy (non-hydrogen) atoms. The number of hydrogen-bond donors (Lipinski definition) is 1. The van der Waals surface area contributed by atoms with Gasteiger partial charge in [0.05, 0.1) is 16.6 Å². The molecule has 0 aliphatic carbocycles. The van der Waals surface area contributed by atoms with Crippen LogP contribution >= 0.6 is 11.6 Å². The van der Waals surface area contributed by atoms with Gasteiger partial charge in [-0.3, -0.25) is 14.4 Å². The van der Waals surface area contributed by atoms with E-state index in [1.54, 1.807) is 29.2 Å². The third kappa shape index (κ3) is 4.51. The van der Waals surface area contributed by atoms with Gasteiger partial charge in [0.2, 0.25) is 5.91 Å². The fraction of sp³-hybridized carbons (Fsp3) is 0.286. The SMILES string of the molecule is Cc1ccc(N2C[C@@H](C(=O)OCC(=O)Nc3ccccc3Cl)CC2=O)cc1C. The van der Waals surface area contributed by atoms with Gasteiger partial charge in [-0.15, -0.1) is 0 Å². The number of benzene rings is 2. The summed E-state index contributed by atoms with van der Waals surface area (Å²) >= 11 is 5.98. The summed E-state index contributed by atoms with van der Waals surface area (Å²) in [5.74, 6) is -1.78. The van der Waals surface area contributed by atoms with Crippen molar-refractivity contribution in [2.75, 3.05) is 23.4 Å². The Balaban J connectivity index is 1.55. The summed E-state index contributed by atoms with van der Waals surface area (Å²) in [6.07, 6.45) is 0.0674. The average molecular weight is 401 g/mol. The summed E-state index contributed by atoms with van der Waals surface area (Å²) in [7, 11) is 0. The van der Waals surface area contributed by atoms with E-state index in [1.165, 1.54) is 0 Å². The molecule has 3 rings (SSSR count). The minimum absolute atomic E-state index is 0.0674. The highest BCUT2D eigenvalue weighted by Gasteiger charge is 2.36. The number of para-hydroxylation sites is 1. The quantitative estimate of drug-likeness (QED) is 0.779. The molecule has 1 heterocycles. The molecule has 0 unspecified atom stereocenters. The number of nitrogens with one attached hydrogen (secondary N) is 1. The smallest absolute Gasteiger partial charge is 0.311 e. The highest BCUT2D eigenvalue weighted by atomic mass is 35.5. The molecule has 6 nitrogen and oxygen atoms in total. The molecule has 2 amide bonds. The maximum Gasteiger partial charge on any atom is 0.311 e. The van der Waals surface area contributed by atoms with Crippen molar-refractivity contribution in [3.05, 3.63) is 58.6 Å². The molecule has 1 fully saturated rings. The number of anilines is 2. The molecule has 1 N–H and O–H groups in total. The molecule has 2 aromatic carbocycles. The molecule has 0 radical (unpaired) electrons. The lowest BCUT2D eigenvalue weighted by Gasteiger charge is -2.17. The number of carbonyl (C=O) groups excluding carboxylic acids is 3. The Morgan fingerprint density at radius 3 is 2.64 bits per heavy atom. The summed E-state index contributed by atoms with van der Waals surface area (Å²) in [4.78, 5) is 38.2. The van der Waals surface area contributed by atoms with E-state index in [1.807, 2.05) is 32.0 Å². The number of rotatable bonds is 5. The van der Waals surface area contributed by atoms with Crippen molar-refractivity contribution in [2.24, 2.45) is 5.92 Å². The maximum atomic E-state index is 12.3. The van der Waals surface area contributed by atoms with Gasteiger partial charge >= 0.3 is 5.97 Å². The van der Waals surface area contributed by atoms with Crippen LogP contribution in [0.5, 0.6) is 0 Å². The van der Waals surface area contributed by atoms with Crippen LogP contribution in [-0.4, -0.2) is 30.9 Å². The normalized spacial score (nSPS) is 16.2. The first-order valence-electron chi connectivity index (χ1n) is 8.94. The van der Waals surface area contributed by atoms with Crippen molar-refractivity contribution in [2.45, 2.75) is 20.3 Å². The molecule has 1 aliphatic rings. The zero-order chi connectivity index (χ0) is 20.3. The molecule has 0 bridgehead atoms. The van der Waals surface area contributed by atoms with Crippen molar-refractivity contribution in [1.82, 2.24) is 0 Å². The molecule has 0 spiro atoms. The Morgan fingerprint density at radius 2 is 1.93 bits per heavy atom. The largest absolute Gasteiger partial charge is 0.455 e. The number of ether oxygens (including phenoxy) is 1. The van der Waals surface area contributed by atoms with E-state index in [9.17, 15) is 14.4 Å². The summed E-state index contributed by atoms with van der Waals surface area (Å²) in [6.45, 7) is 3.78. The first-order chi connectivity index (χ1) is 13.3. The summed E-state index contributed by atoms with van der Waals surface area (Å²) in [5.41, 5.74) is 3.42. The predicted molar refractivity (Wildman–Crippen MR) is 107 cm³/mol. The first-order valence-corrected chi connectivity index (χ1v) is 9.31. The number of nitrogens with zero attached hydrogens (tertiary/aromatic N) is 1. The topological polar surface area (TPSA) is 75.7 Å². The van der Waals surface area contributed by atoms with Gasteiger partial charge in [0, 0.05) is 18.7 Å². The molecule has 1 saturated heterocycles. The Morgan fingerprint density at radius 1 is 1.18 bits per heavy atom. The standard InChI is InChI=1S/C21H21ClN2O4/c1-13-7-8-16(9-14(13)2)24-11-15(10-20(24)26)21(27)28-12-19(25)23-18-6-4-3-5-17(18)22/h3-9,15H,10-12H2,1-2H3,(H,23,25)/t15-/m0/s1. The maximum absolute atomic E-state index is 12.3. The predicted octanol–water partition coefficient (Wildman–Crippen LogP) is 3.49. The highest BCUT2D eigenvalue weighted by Crippen LogP contribution is 2.27. The van der Waals surface area contributed by atoms with Crippen LogP contribution in [0.15, 0.2) is 42.5 Å². The van der Waals surface area contributed by atoms with Gasteiger partial charge < -0.3 is 15.0 Å². The van der Waals surface area contributed by atoms with E-state index in [0.717, 1.165) is 16.8 Å². The van der Waals surface area contributed by atoms with E-state index < -0.39 is 24.4 Å². The van der Waals surface area contributed by atoms with Crippen LogP contribution in [0.4, 0.5) is 11.4 Å². The second-order valence-electron chi connectivity index (χ2n) is 6.81. The molecule has 0 aromatic heterocycles. The summed E-state index contributed by atoms with van der Waals surface area (Å²) < 4.78 is 5.10. The zero-order valence-corrected chi connectivity index (χ0v) is 16.5. The third-order valence-corrected chi connectivity index (χ3v) is 5.08. The fourth-order valence-corrected chi connectivity index (χ4v) is 3.19.